The van der Waals surface area contributed by atoms with Crippen molar-refractivity contribution < 1.29 is 31.2 Å². The summed E-state index contributed by atoms with van der Waals surface area (Å²) in [7, 11) is -0.304. The van der Waals surface area contributed by atoms with Crippen LogP contribution in [0.5, 0.6) is 5.75 Å². The van der Waals surface area contributed by atoms with Crippen molar-refractivity contribution in [1.29, 1.82) is 0 Å². The summed E-state index contributed by atoms with van der Waals surface area (Å²) in [5.41, 5.74) is 2.75. The van der Waals surface area contributed by atoms with Crippen molar-refractivity contribution in [2.75, 3.05) is 7.11 Å². The summed E-state index contributed by atoms with van der Waals surface area (Å²) in [6.45, 7) is 18.6. The zero-order valence-corrected chi connectivity index (χ0v) is 26.1. The Bertz CT molecular complexity index is 1000. The van der Waals surface area contributed by atoms with E-state index in [0.717, 1.165) is 25.0 Å². The molecule has 1 aromatic carbocycles. The number of ether oxygens (including phenoxy) is 2. The van der Waals surface area contributed by atoms with Crippen LogP contribution in [0.3, 0.4) is 0 Å². The second kappa shape index (κ2) is 12.8. The van der Waals surface area contributed by atoms with Gasteiger partial charge in [0, 0.05) is 17.2 Å². The summed E-state index contributed by atoms with van der Waals surface area (Å²) < 4.78 is 13.9. The number of carbonyl (C=O) groups is 1. The van der Waals surface area contributed by atoms with Crippen LogP contribution < -0.4 is 26.9 Å². The topological polar surface area (TPSA) is 39.4 Å². The van der Waals surface area contributed by atoms with Crippen LogP contribution in [0.2, 0.25) is 16.6 Å². The summed E-state index contributed by atoms with van der Waals surface area (Å²) in [5, 5.41) is 1.22. The molecule has 0 N–H and O–H groups in total. The molecule has 2 atom stereocenters. The van der Waals surface area contributed by atoms with Crippen LogP contribution in [-0.4, -0.2) is 27.4 Å². The zero-order valence-electron chi connectivity index (χ0n) is 24.4. The monoisotopic (exact) mass is 545 g/mol. The predicted molar refractivity (Wildman–Crippen MR) is 151 cm³/mol. The Hall–Kier alpha value is -1.85. The number of hydrogen-bond acceptors (Lipinski definition) is 3. The number of carbonyl (C=O) groups excluding carboxylic acids is 1. The lowest BCUT2D eigenvalue weighted by Crippen LogP contribution is -3.00. The molecular weight excluding hydrogens is 498 g/mol. The van der Waals surface area contributed by atoms with Gasteiger partial charge in [-0.2, -0.15) is 4.79 Å². The van der Waals surface area contributed by atoms with E-state index in [2.05, 4.69) is 85.7 Å². The van der Waals surface area contributed by atoms with Crippen molar-refractivity contribution in [2.24, 2.45) is 5.92 Å². The molecule has 0 amide bonds. The van der Waals surface area contributed by atoms with Gasteiger partial charge in [0.2, 0.25) is 0 Å². The first-order chi connectivity index (χ1) is 17.0. The molecule has 0 aliphatic heterocycles. The minimum atomic E-state index is -2.04. The Kier molecular flexibility index (Phi) is 10.8. The standard InChI is InChI=1S/C31H48NO3Si.ClH/c1-22(2)36(23(3)4,24(5)6)29-21-32(20-19-28(29)34-9)30(33)35-27-18-14-13-17-26(27)31(7,8)25-15-11-10-12-16-25;/h10-12,15-16,19-24,26-27H,13-14,17-18H2,1-9H3;1H/q+1;/p-1/t26-,27-;/m0./s1. The Morgan fingerprint density at radius 3 is 2.05 bits per heavy atom. The van der Waals surface area contributed by atoms with Crippen molar-refractivity contribution in [1.82, 2.24) is 0 Å². The second-order valence-corrected chi connectivity index (χ2v) is 18.0. The highest BCUT2D eigenvalue weighted by Gasteiger charge is 2.48. The number of pyridine rings is 1. The molecule has 0 bridgehead atoms. The largest absolute Gasteiger partial charge is 1.00 e. The van der Waals surface area contributed by atoms with Gasteiger partial charge in [-0.3, -0.25) is 0 Å². The molecule has 206 valence electrons. The molecule has 1 fully saturated rings. The van der Waals surface area contributed by atoms with Crippen molar-refractivity contribution in [2.45, 2.75) is 109 Å². The fourth-order valence-corrected chi connectivity index (χ4v) is 14.2. The molecule has 1 aliphatic rings. The van der Waals surface area contributed by atoms with Gasteiger partial charge in [-0.25, -0.2) is 0 Å². The van der Waals surface area contributed by atoms with Crippen LogP contribution in [0.15, 0.2) is 48.8 Å². The van der Waals surface area contributed by atoms with E-state index in [0.29, 0.717) is 16.6 Å². The number of aromatic nitrogens is 1. The van der Waals surface area contributed by atoms with Gasteiger partial charge in [0.1, 0.15) is 19.9 Å². The summed E-state index contributed by atoms with van der Waals surface area (Å²) in [6, 6.07) is 12.6. The third-order valence-corrected chi connectivity index (χ3v) is 16.1. The molecule has 2 aromatic rings. The maximum atomic E-state index is 13.6. The smallest absolute Gasteiger partial charge is 0.602 e. The predicted octanol–water partition coefficient (Wildman–Crippen LogP) is 4.39. The van der Waals surface area contributed by atoms with Crippen LogP contribution in [0.1, 0.15) is 86.6 Å². The molecule has 1 aromatic heterocycles. The minimum Gasteiger partial charge on any atom is -1.00 e. The van der Waals surface area contributed by atoms with E-state index < -0.39 is 8.07 Å². The average Bonchev–Trinajstić information content (AvgIpc) is 2.84. The zero-order chi connectivity index (χ0) is 26.7. The molecule has 0 spiro atoms. The third-order valence-electron chi connectivity index (χ3n) is 9.08. The molecule has 1 saturated carbocycles. The van der Waals surface area contributed by atoms with Crippen molar-refractivity contribution in [3.05, 3.63) is 54.4 Å². The molecule has 4 nitrogen and oxygen atoms in total. The van der Waals surface area contributed by atoms with E-state index in [1.54, 1.807) is 11.7 Å². The lowest BCUT2D eigenvalue weighted by atomic mass is 9.66. The Morgan fingerprint density at radius 2 is 1.51 bits per heavy atom. The number of methoxy groups -OCH3 is 1. The summed E-state index contributed by atoms with van der Waals surface area (Å²) in [5.74, 6) is 1.17. The van der Waals surface area contributed by atoms with Gasteiger partial charge in [-0.05, 0) is 46.9 Å². The van der Waals surface area contributed by atoms with Crippen molar-refractivity contribution in [3.8, 4) is 5.75 Å². The number of hydrogen-bond donors (Lipinski definition) is 0. The first kappa shape index (κ1) is 31.4. The SMILES string of the molecule is COc1cc[n+](C(=O)O[C@H]2CCCC[C@@H]2C(C)(C)c2ccccc2)cc1[Si](C(C)C)(C(C)C)C(C)C.[Cl-]. The van der Waals surface area contributed by atoms with Crippen molar-refractivity contribution >= 4 is 19.4 Å². The van der Waals surface area contributed by atoms with Gasteiger partial charge >= 0.3 is 6.09 Å². The fraction of sp³-hybridized carbons (Fsp3) is 0.613. The molecule has 0 radical (unpaired) electrons. The van der Waals surface area contributed by atoms with Gasteiger partial charge < -0.3 is 21.9 Å². The van der Waals surface area contributed by atoms with E-state index in [1.807, 2.05) is 18.5 Å². The van der Waals surface area contributed by atoms with Gasteiger partial charge in [-0.15, -0.1) is 0 Å². The second-order valence-electron chi connectivity index (χ2n) is 12.1. The highest BCUT2D eigenvalue weighted by atomic mass is 35.5. The average molecular weight is 546 g/mol. The van der Waals surface area contributed by atoms with Gasteiger partial charge in [0.05, 0.1) is 7.11 Å². The molecule has 6 heteroatoms. The lowest BCUT2D eigenvalue weighted by Gasteiger charge is -2.43. The van der Waals surface area contributed by atoms with Crippen LogP contribution in [-0.2, 0) is 10.2 Å². The molecular formula is C31H48ClNO3Si. The van der Waals surface area contributed by atoms with E-state index in [1.165, 1.54) is 17.2 Å². The van der Waals surface area contributed by atoms with E-state index >= 15 is 0 Å². The van der Waals surface area contributed by atoms with Gasteiger partial charge in [0.15, 0.2) is 12.4 Å². The molecule has 0 unspecified atom stereocenters. The van der Waals surface area contributed by atoms with Crippen molar-refractivity contribution in [3.63, 3.8) is 0 Å². The molecule has 1 heterocycles. The third kappa shape index (κ3) is 6.09. The maximum Gasteiger partial charge on any atom is 0.602 e. The summed E-state index contributed by atoms with van der Waals surface area (Å²) in [4.78, 5) is 13.6. The first-order valence-corrected chi connectivity index (χ1v) is 16.1. The number of benzene rings is 1. The number of rotatable bonds is 8. The first-order valence-electron chi connectivity index (χ1n) is 13.8. The number of halogens is 1. The Morgan fingerprint density at radius 1 is 0.946 bits per heavy atom. The molecule has 37 heavy (non-hydrogen) atoms. The highest BCUT2D eigenvalue weighted by Crippen LogP contribution is 2.43. The molecule has 3 rings (SSSR count). The minimum absolute atomic E-state index is 0. The van der Waals surface area contributed by atoms with E-state index in [9.17, 15) is 4.79 Å². The Balaban J connectivity index is 0.00000481. The maximum absolute atomic E-state index is 13.6. The van der Waals surface area contributed by atoms with E-state index in [4.69, 9.17) is 9.47 Å². The number of nitrogens with zero attached hydrogens (tertiary/aromatic N) is 1. The van der Waals surface area contributed by atoms with Crippen LogP contribution in [0.4, 0.5) is 4.79 Å². The molecule has 0 saturated heterocycles. The Labute approximate surface area is 232 Å². The summed E-state index contributed by atoms with van der Waals surface area (Å²) in [6.07, 6.45) is 7.74. The van der Waals surface area contributed by atoms with Gasteiger partial charge in [0.25, 0.3) is 0 Å². The van der Waals surface area contributed by atoms with E-state index in [-0.39, 0.29) is 35.9 Å². The van der Waals surface area contributed by atoms with Gasteiger partial charge in [-0.1, -0.05) is 96.7 Å². The van der Waals surface area contributed by atoms with Crippen LogP contribution >= 0.6 is 0 Å². The summed E-state index contributed by atoms with van der Waals surface area (Å²) >= 11 is 0. The quantitative estimate of drug-likeness (QED) is 0.365. The highest BCUT2D eigenvalue weighted by molar-refractivity contribution is 6.95. The lowest BCUT2D eigenvalue weighted by molar-refractivity contribution is -0.587. The van der Waals surface area contributed by atoms with Crippen LogP contribution in [0, 0.1) is 5.92 Å². The normalized spacial score (nSPS) is 18.6. The fourth-order valence-electron chi connectivity index (χ4n) is 7.37. The van der Waals surface area contributed by atoms with Crippen LogP contribution in [0.25, 0.3) is 0 Å². The molecule has 1 aliphatic carbocycles.